The molecule has 1 amide bonds. The van der Waals surface area contributed by atoms with Gasteiger partial charge in [0.05, 0.1) is 17.0 Å². The third kappa shape index (κ3) is 3.63. The number of amides is 1. The van der Waals surface area contributed by atoms with Gasteiger partial charge in [-0.15, -0.1) is 0 Å². The highest BCUT2D eigenvalue weighted by Crippen LogP contribution is 2.30. The first kappa shape index (κ1) is 14.3. The molecule has 0 unspecified atom stereocenters. The molecule has 0 saturated carbocycles. The van der Waals surface area contributed by atoms with Crippen molar-refractivity contribution in [1.82, 2.24) is 0 Å². The van der Waals surface area contributed by atoms with E-state index < -0.39 is 10.8 Å². The van der Waals surface area contributed by atoms with Crippen LogP contribution in [0.15, 0.2) is 16.6 Å². The Morgan fingerprint density at radius 3 is 2.56 bits per heavy atom. The standard InChI is InChI=1S/C11H11BrN2O4/c1-6-3-8(12)9(5-10(6)14(17)18)13-11(16)4-7(2)15/h3,5H,4H2,1-2H3,(H,13,16). The number of benzene rings is 1. The molecular formula is C11H11BrN2O4. The Balaban J connectivity index is 3.02. The predicted molar refractivity (Wildman–Crippen MR) is 69.5 cm³/mol. The minimum absolute atomic E-state index is 0.0867. The fourth-order valence-electron chi connectivity index (χ4n) is 1.37. The van der Waals surface area contributed by atoms with E-state index in [1.54, 1.807) is 13.0 Å². The molecule has 7 heteroatoms. The highest BCUT2D eigenvalue weighted by atomic mass is 79.9. The number of hydrogen-bond donors (Lipinski definition) is 1. The average Bonchev–Trinajstić information content (AvgIpc) is 2.20. The van der Waals surface area contributed by atoms with Gasteiger partial charge < -0.3 is 5.32 Å². The molecule has 0 bridgehead atoms. The van der Waals surface area contributed by atoms with Crippen LogP contribution in [0.1, 0.15) is 18.9 Å². The zero-order valence-corrected chi connectivity index (χ0v) is 11.4. The minimum Gasteiger partial charge on any atom is -0.324 e. The van der Waals surface area contributed by atoms with Gasteiger partial charge in [0.25, 0.3) is 5.69 Å². The second-order valence-electron chi connectivity index (χ2n) is 3.80. The Kier molecular flexibility index (Phi) is 4.55. The van der Waals surface area contributed by atoms with E-state index in [9.17, 15) is 19.7 Å². The number of nitro benzene ring substituents is 1. The van der Waals surface area contributed by atoms with E-state index in [4.69, 9.17) is 0 Å². The third-order valence-electron chi connectivity index (χ3n) is 2.17. The Bertz CT molecular complexity index is 528. The van der Waals surface area contributed by atoms with Gasteiger partial charge >= 0.3 is 0 Å². The van der Waals surface area contributed by atoms with E-state index in [0.29, 0.717) is 10.0 Å². The zero-order valence-electron chi connectivity index (χ0n) is 9.82. The third-order valence-corrected chi connectivity index (χ3v) is 2.82. The first-order valence-corrected chi connectivity index (χ1v) is 5.84. The quantitative estimate of drug-likeness (QED) is 0.525. The Morgan fingerprint density at radius 1 is 1.44 bits per heavy atom. The lowest BCUT2D eigenvalue weighted by Crippen LogP contribution is -2.15. The topological polar surface area (TPSA) is 89.3 Å². The maximum Gasteiger partial charge on any atom is 0.274 e. The second kappa shape index (κ2) is 5.72. The first-order chi connectivity index (χ1) is 8.31. The molecule has 18 heavy (non-hydrogen) atoms. The molecule has 6 nitrogen and oxygen atoms in total. The normalized spacial score (nSPS) is 9.94. The van der Waals surface area contributed by atoms with Crippen molar-refractivity contribution in [1.29, 1.82) is 0 Å². The minimum atomic E-state index is -0.525. The molecule has 1 N–H and O–H groups in total. The number of carbonyl (C=O) groups is 2. The van der Waals surface area contributed by atoms with Crippen LogP contribution in [0.4, 0.5) is 11.4 Å². The largest absolute Gasteiger partial charge is 0.324 e. The van der Waals surface area contributed by atoms with Crippen LogP contribution in [-0.4, -0.2) is 16.6 Å². The molecule has 1 rings (SSSR count). The van der Waals surface area contributed by atoms with Gasteiger partial charge in [-0.25, -0.2) is 0 Å². The lowest BCUT2D eigenvalue weighted by atomic mass is 10.2. The van der Waals surface area contributed by atoms with Crippen molar-refractivity contribution in [3.05, 3.63) is 32.3 Å². The molecule has 96 valence electrons. The summed E-state index contributed by atoms with van der Waals surface area (Å²) in [5.74, 6) is -0.772. The number of nitro groups is 1. The first-order valence-electron chi connectivity index (χ1n) is 5.05. The summed E-state index contributed by atoms with van der Waals surface area (Å²) >= 11 is 3.20. The van der Waals surface area contributed by atoms with Crippen molar-refractivity contribution in [2.75, 3.05) is 5.32 Å². The molecule has 0 aromatic heterocycles. The summed E-state index contributed by atoms with van der Waals surface area (Å²) in [7, 11) is 0. The van der Waals surface area contributed by atoms with E-state index in [2.05, 4.69) is 21.2 Å². The fraction of sp³-hybridized carbons (Fsp3) is 0.273. The maximum atomic E-state index is 11.4. The number of aryl methyl sites for hydroxylation is 1. The summed E-state index contributed by atoms with van der Waals surface area (Å²) in [4.78, 5) is 32.4. The van der Waals surface area contributed by atoms with Gasteiger partial charge in [-0.3, -0.25) is 19.7 Å². The van der Waals surface area contributed by atoms with Gasteiger partial charge in [-0.05, 0) is 35.8 Å². The van der Waals surface area contributed by atoms with Crippen LogP contribution in [0.3, 0.4) is 0 Å². The summed E-state index contributed by atoms with van der Waals surface area (Å²) < 4.78 is 0.530. The highest BCUT2D eigenvalue weighted by Gasteiger charge is 2.16. The number of carbonyl (C=O) groups excluding carboxylic acids is 2. The van der Waals surface area contributed by atoms with Crippen molar-refractivity contribution in [2.24, 2.45) is 0 Å². The van der Waals surface area contributed by atoms with Crippen molar-refractivity contribution in [2.45, 2.75) is 20.3 Å². The van der Waals surface area contributed by atoms with Gasteiger partial charge in [-0.2, -0.15) is 0 Å². The number of nitrogens with one attached hydrogen (secondary N) is 1. The number of ketones is 1. The van der Waals surface area contributed by atoms with Crippen LogP contribution in [-0.2, 0) is 9.59 Å². The smallest absolute Gasteiger partial charge is 0.274 e. The molecule has 0 heterocycles. The SMILES string of the molecule is CC(=O)CC(=O)Nc1cc([N+](=O)[O-])c(C)cc1Br. The number of nitrogens with zero attached hydrogens (tertiary/aromatic N) is 1. The van der Waals surface area contributed by atoms with Crippen molar-refractivity contribution in [3.8, 4) is 0 Å². The Hall–Kier alpha value is -1.76. The van der Waals surface area contributed by atoms with Gasteiger partial charge in [-0.1, -0.05) is 0 Å². The summed E-state index contributed by atoms with van der Waals surface area (Å²) in [6.45, 7) is 2.90. The van der Waals surface area contributed by atoms with Crippen LogP contribution in [0.5, 0.6) is 0 Å². The van der Waals surface area contributed by atoms with Gasteiger partial charge in [0.15, 0.2) is 0 Å². The number of hydrogen-bond acceptors (Lipinski definition) is 4. The molecule has 1 aromatic rings. The fourth-order valence-corrected chi connectivity index (χ4v) is 1.93. The summed E-state index contributed by atoms with van der Waals surface area (Å²) in [6.07, 6.45) is -0.256. The molecule has 0 aliphatic rings. The van der Waals surface area contributed by atoms with Crippen LogP contribution in [0, 0.1) is 17.0 Å². The lowest BCUT2D eigenvalue weighted by Gasteiger charge is -2.07. The molecule has 0 saturated heterocycles. The summed E-state index contributed by atoms with van der Waals surface area (Å²) in [5, 5.41) is 13.2. The maximum absolute atomic E-state index is 11.4. The molecule has 0 aliphatic heterocycles. The molecule has 0 radical (unpaired) electrons. The van der Waals surface area contributed by atoms with Gasteiger partial charge in [0.1, 0.15) is 5.78 Å². The van der Waals surface area contributed by atoms with E-state index in [0.717, 1.165) is 0 Å². The number of halogens is 1. The van der Waals surface area contributed by atoms with Crippen molar-refractivity contribution >= 4 is 39.0 Å². The van der Waals surface area contributed by atoms with Crippen LogP contribution in [0.25, 0.3) is 0 Å². The lowest BCUT2D eigenvalue weighted by molar-refractivity contribution is -0.385. The monoisotopic (exact) mass is 314 g/mol. The second-order valence-corrected chi connectivity index (χ2v) is 4.66. The number of anilines is 1. The van der Waals surface area contributed by atoms with Crippen molar-refractivity contribution in [3.63, 3.8) is 0 Å². The Morgan fingerprint density at radius 2 is 2.06 bits per heavy atom. The average molecular weight is 315 g/mol. The van der Waals surface area contributed by atoms with E-state index in [-0.39, 0.29) is 23.6 Å². The van der Waals surface area contributed by atoms with E-state index in [1.807, 2.05) is 0 Å². The number of rotatable bonds is 4. The molecule has 0 fully saturated rings. The van der Waals surface area contributed by atoms with Crippen molar-refractivity contribution < 1.29 is 14.5 Å². The molecule has 0 aliphatic carbocycles. The molecule has 1 aromatic carbocycles. The summed E-state index contributed by atoms with van der Waals surface area (Å²) in [6, 6.07) is 2.80. The van der Waals surface area contributed by atoms with Crippen LogP contribution >= 0.6 is 15.9 Å². The predicted octanol–water partition coefficient (Wildman–Crippen LogP) is 2.58. The molecule has 0 spiro atoms. The van der Waals surface area contributed by atoms with Gasteiger partial charge in [0, 0.05) is 16.1 Å². The Labute approximate surface area is 112 Å². The van der Waals surface area contributed by atoms with E-state index >= 15 is 0 Å². The molecular weight excluding hydrogens is 304 g/mol. The van der Waals surface area contributed by atoms with Crippen LogP contribution < -0.4 is 5.32 Å². The van der Waals surface area contributed by atoms with Gasteiger partial charge in [0.2, 0.25) is 5.91 Å². The van der Waals surface area contributed by atoms with E-state index in [1.165, 1.54) is 13.0 Å². The molecule has 0 atom stereocenters. The van der Waals surface area contributed by atoms with Crippen LogP contribution in [0.2, 0.25) is 0 Å². The summed E-state index contributed by atoms with van der Waals surface area (Å²) in [5.41, 5.74) is 0.673. The number of Topliss-reactive ketones (excluding diaryl/α,β-unsaturated/α-hetero) is 1. The highest BCUT2D eigenvalue weighted by molar-refractivity contribution is 9.10. The zero-order chi connectivity index (χ0) is 13.9.